The number of aromatic nitrogens is 5. The van der Waals surface area contributed by atoms with Crippen LogP contribution in [0, 0.1) is 28.6 Å². The lowest BCUT2D eigenvalue weighted by Gasteiger charge is -2.44. The number of hydrogen-bond acceptors (Lipinski definition) is 10. The topological polar surface area (TPSA) is 224 Å². The van der Waals surface area contributed by atoms with Gasteiger partial charge in [0.05, 0.1) is 30.4 Å². The average molecular weight is 747 g/mol. The summed E-state index contributed by atoms with van der Waals surface area (Å²) in [5.74, 6) is -3.21. The summed E-state index contributed by atoms with van der Waals surface area (Å²) in [6, 6.07) is 17.8. The number of hydrogen-bond donors (Lipinski definition) is 7. The Bertz CT molecular complexity index is 2360. The van der Waals surface area contributed by atoms with Crippen LogP contribution in [0.4, 0.5) is 5.82 Å². The number of aliphatic carboxylic acids is 2. The SMILES string of the molecule is C=C1C[C@]23C[C@@]1(O)CC[C@H]2[C@@]12C=C[C@H](O)[C@@](C)(C(=O)O1)[C@H]2[C@@H]3C(=O)O.O=C(O)Cc1c[nH]c2ccccc12.c1ccc(CNc2ncnc3nc[nH]c23)cc1. The first-order chi connectivity index (χ1) is 26.3. The monoisotopic (exact) mass is 746 g/mol. The number of nitrogens with zero attached hydrogens (tertiary/aromatic N) is 3. The standard InChI is InChI=1S/C19H22O6.C12H11N5.C10H9NO2/c1-9-7-17-8-18(9,24)5-3-10(17)19-6-4-11(20)16(2,15(23)25-19)13(19)12(17)14(21)22;1-2-4-9(5-3-1)6-13-11-10-12(15-7-14-10)17-8-16-11;12-10(13)5-7-6-11-9-4-2-1-3-8(7)9/h4,6,10-13,20,24H,1,3,5,7-8H2,2H3,(H,21,22);1-5,7-8H,6H2,(H2,13,14,15,16,17);1-4,6,11H,5H2,(H,12,13)/t10-,11+,12-,13-,16-,17+,18+,19-;;/m1../s1. The number of anilines is 1. The van der Waals surface area contributed by atoms with Crippen molar-refractivity contribution in [3.63, 3.8) is 0 Å². The molecular formula is C41H42N6O8. The Morgan fingerprint density at radius 2 is 1.82 bits per heavy atom. The molecule has 0 unspecified atom stereocenters. The van der Waals surface area contributed by atoms with Gasteiger partial charge in [-0.1, -0.05) is 61.2 Å². The largest absolute Gasteiger partial charge is 0.481 e. The van der Waals surface area contributed by atoms with Crippen molar-refractivity contribution in [2.75, 3.05) is 5.32 Å². The van der Waals surface area contributed by atoms with Gasteiger partial charge in [-0.15, -0.1) is 0 Å². The van der Waals surface area contributed by atoms with Crippen LogP contribution in [0.1, 0.15) is 43.7 Å². The summed E-state index contributed by atoms with van der Waals surface area (Å²) in [6.07, 6.45) is 9.06. The lowest BCUT2D eigenvalue weighted by molar-refractivity contribution is -0.163. The number of carbonyl (C=O) groups is 3. The highest BCUT2D eigenvalue weighted by atomic mass is 16.6. The molecule has 5 aromatic rings. The van der Waals surface area contributed by atoms with Crippen molar-refractivity contribution in [3.05, 3.63) is 109 Å². The van der Waals surface area contributed by atoms with Crippen LogP contribution in [-0.2, 0) is 32.1 Å². The number of aromatic amines is 2. The number of carboxylic acid groups (broad SMARTS) is 2. The maximum Gasteiger partial charge on any atom is 0.316 e. The Kier molecular flexibility index (Phi) is 8.65. The van der Waals surface area contributed by atoms with Gasteiger partial charge >= 0.3 is 17.9 Å². The first-order valence-electron chi connectivity index (χ1n) is 18.3. The molecule has 8 atom stereocenters. The molecule has 5 aliphatic rings. The molecule has 14 nitrogen and oxygen atoms in total. The highest BCUT2D eigenvalue weighted by Crippen LogP contribution is 2.77. The molecule has 55 heavy (non-hydrogen) atoms. The number of H-pyrrole nitrogens is 2. The van der Waals surface area contributed by atoms with Crippen molar-refractivity contribution in [3.8, 4) is 0 Å². The second-order valence-electron chi connectivity index (χ2n) is 15.5. The van der Waals surface area contributed by atoms with Crippen molar-refractivity contribution in [2.24, 2.45) is 28.6 Å². The van der Waals surface area contributed by atoms with E-state index < -0.39 is 57.9 Å². The van der Waals surface area contributed by atoms with E-state index in [0.29, 0.717) is 36.9 Å². The molecule has 284 valence electrons. The van der Waals surface area contributed by atoms with Gasteiger partial charge in [-0.05, 0) is 66.9 Å². The van der Waals surface area contributed by atoms with E-state index in [1.807, 2.05) is 42.5 Å². The predicted octanol–water partition coefficient (Wildman–Crippen LogP) is 4.79. The van der Waals surface area contributed by atoms with Crippen LogP contribution in [0.2, 0.25) is 0 Å². The number of fused-ring (bicyclic) bond motifs is 3. The zero-order valence-corrected chi connectivity index (χ0v) is 30.1. The molecule has 4 bridgehead atoms. The maximum absolute atomic E-state index is 12.7. The van der Waals surface area contributed by atoms with Crippen molar-refractivity contribution in [1.29, 1.82) is 0 Å². The molecule has 0 amide bonds. The van der Waals surface area contributed by atoms with Crippen molar-refractivity contribution in [2.45, 2.75) is 62.9 Å². The van der Waals surface area contributed by atoms with Gasteiger partial charge in [0.2, 0.25) is 0 Å². The second kappa shape index (κ2) is 13.2. The Labute approximate surface area is 315 Å². The van der Waals surface area contributed by atoms with Crippen LogP contribution in [-0.4, -0.2) is 80.6 Å². The fourth-order valence-corrected chi connectivity index (χ4v) is 10.3. The van der Waals surface area contributed by atoms with E-state index >= 15 is 0 Å². The Morgan fingerprint density at radius 1 is 1.05 bits per heavy atom. The zero-order chi connectivity index (χ0) is 38.8. The first-order valence-corrected chi connectivity index (χ1v) is 18.3. The molecular weight excluding hydrogens is 704 g/mol. The van der Waals surface area contributed by atoms with Gasteiger partial charge in [0.25, 0.3) is 0 Å². The van der Waals surface area contributed by atoms with Gasteiger partial charge in [-0.25, -0.2) is 15.0 Å². The van der Waals surface area contributed by atoms with Gasteiger partial charge in [-0.2, -0.15) is 0 Å². The minimum Gasteiger partial charge on any atom is -0.481 e. The third kappa shape index (κ3) is 5.61. The van der Waals surface area contributed by atoms with E-state index in [4.69, 9.17) is 9.84 Å². The second-order valence-corrected chi connectivity index (χ2v) is 15.5. The minimum atomic E-state index is -1.27. The maximum atomic E-state index is 12.7. The van der Waals surface area contributed by atoms with Crippen LogP contribution < -0.4 is 5.32 Å². The highest BCUT2D eigenvalue weighted by Gasteiger charge is 2.83. The quantitative estimate of drug-likeness (QED) is 0.0921. The number of aliphatic hydroxyl groups excluding tert-OH is 1. The van der Waals surface area contributed by atoms with E-state index in [2.05, 4.69) is 48.9 Å². The average Bonchev–Trinajstić information content (AvgIpc) is 3.93. The van der Waals surface area contributed by atoms with Gasteiger partial charge in [0, 0.05) is 35.5 Å². The summed E-state index contributed by atoms with van der Waals surface area (Å²) in [5.41, 5.74) is 1.25. The fraction of sp³-hybridized carbons (Fsp3) is 0.366. The van der Waals surface area contributed by atoms with Crippen LogP contribution in [0.3, 0.4) is 0 Å². The lowest BCUT2D eigenvalue weighted by Crippen LogP contribution is -2.50. The molecule has 10 rings (SSSR count). The van der Waals surface area contributed by atoms with E-state index in [0.717, 1.165) is 34.3 Å². The Balaban J connectivity index is 0.000000124. The zero-order valence-electron chi connectivity index (χ0n) is 30.1. The molecule has 3 aromatic heterocycles. The number of rotatable bonds is 6. The van der Waals surface area contributed by atoms with E-state index in [1.54, 1.807) is 31.6 Å². The number of ether oxygens (including phenoxy) is 1. The van der Waals surface area contributed by atoms with E-state index in [-0.39, 0.29) is 12.3 Å². The Hall–Kier alpha value is -5.86. The molecule has 4 heterocycles. The van der Waals surface area contributed by atoms with Crippen molar-refractivity contribution >= 4 is 45.8 Å². The third-order valence-corrected chi connectivity index (χ3v) is 12.7. The number of para-hydroxylation sites is 1. The third-order valence-electron chi connectivity index (χ3n) is 12.7. The first kappa shape index (κ1) is 36.1. The molecule has 1 aliphatic heterocycles. The van der Waals surface area contributed by atoms with Gasteiger partial charge in [0.1, 0.15) is 22.9 Å². The molecule has 4 aliphatic carbocycles. The minimum absolute atomic E-state index is 0.0734. The highest BCUT2D eigenvalue weighted by molar-refractivity contribution is 5.88. The molecule has 14 heteroatoms. The Morgan fingerprint density at radius 3 is 2.58 bits per heavy atom. The summed E-state index contributed by atoms with van der Waals surface area (Å²) >= 11 is 0. The molecule has 2 aromatic carbocycles. The van der Waals surface area contributed by atoms with Crippen LogP contribution >= 0.6 is 0 Å². The number of carbonyl (C=O) groups excluding carboxylic acids is 1. The summed E-state index contributed by atoms with van der Waals surface area (Å²) in [6.45, 7) is 6.37. The summed E-state index contributed by atoms with van der Waals surface area (Å²) < 4.78 is 5.87. The molecule has 3 saturated carbocycles. The normalized spacial score (nSPS) is 32.1. The molecule has 1 spiro atoms. The predicted molar refractivity (Wildman–Crippen MR) is 200 cm³/mol. The van der Waals surface area contributed by atoms with Gasteiger partial charge in [0.15, 0.2) is 11.5 Å². The summed E-state index contributed by atoms with van der Waals surface area (Å²) in [5, 5.41) is 44.5. The smallest absolute Gasteiger partial charge is 0.316 e. The number of esters is 1. The number of benzene rings is 2. The van der Waals surface area contributed by atoms with Crippen LogP contribution in [0.25, 0.3) is 22.1 Å². The summed E-state index contributed by atoms with van der Waals surface area (Å²) in [4.78, 5) is 54.0. The number of aliphatic hydroxyl groups is 2. The van der Waals surface area contributed by atoms with Crippen molar-refractivity contribution in [1.82, 2.24) is 24.9 Å². The fourth-order valence-electron chi connectivity index (χ4n) is 10.3. The van der Waals surface area contributed by atoms with E-state index in [9.17, 15) is 29.7 Å². The number of carboxylic acids is 2. The van der Waals surface area contributed by atoms with Gasteiger partial charge in [-0.3, -0.25) is 14.4 Å². The van der Waals surface area contributed by atoms with Crippen LogP contribution in [0.15, 0.2) is 97.8 Å². The lowest BCUT2D eigenvalue weighted by atomic mass is 9.61. The molecule has 1 saturated heterocycles. The molecule has 4 fully saturated rings. The van der Waals surface area contributed by atoms with Crippen LogP contribution in [0.5, 0.6) is 0 Å². The van der Waals surface area contributed by atoms with Crippen molar-refractivity contribution < 1.29 is 39.5 Å². The number of nitrogens with one attached hydrogen (secondary N) is 3. The summed E-state index contributed by atoms with van der Waals surface area (Å²) in [7, 11) is 0. The number of imidazole rings is 1. The van der Waals surface area contributed by atoms with E-state index in [1.165, 1.54) is 11.9 Å². The molecule has 0 radical (unpaired) electrons. The molecule has 7 N–H and O–H groups in total. The van der Waals surface area contributed by atoms with Gasteiger partial charge < -0.3 is 40.4 Å².